The molecule has 3 nitrogen and oxygen atoms in total. The predicted molar refractivity (Wildman–Crippen MR) is 61.9 cm³/mol. The summed E-state index contributed by atoms with van der Waals surface area (Å²) >= 11 is 0. The maximum Gasteiger partial charge on any atom is 0.310 e. The molecule has 0 aromatic heterocycles. The third kappa shape index (κ3) is 4.09. The zero-order chi connectivity index (χ0) is 11.8. The number of esters is 1. The normalized spacial score (nSPS) is 10.3. The van der Waals surface area contributed by atoms with Gasteiger partial charge in [-0.05, 0) is 24.1 Å². The second-order valence-electron chi connectivity index (χ2n) is 3.22. The van der Waals surface area contributed by atoms with Gasteiger partial charge in [0.15, 0.2) is 0 Å². The van der Waals surface area contributed by atoms with Gasteiger partial charge < -0.3 is 4.74 Å². The maximum absolute atomic E-state index is 11.2. The van der Waals surface area contributed by atoms with Crippen molar-refractivity contribution in [3.8, 4) is 0 Å². The Hall–Kier alpha value is -1.90. The number of hydrogen-bond acceptors (Lipinski definition) is 3. The van der Waals surface area contributed by atoms with Crippen LogP contribution in [0.3, 0.4) is 0 Å². The summed E-state index contributed by atoms with van der Waals surface area (Å²) in [5, 5.41) is 0. The number of ether oxygens (including phenoxy) is 1. The van der Waals surface area contributed by atoms with Crippen molar-refractivity contribution in [3.63, 3.8) is 0 Å². The highest BCUT2D eigenvalue weighted by molar-refractivity contribution is 5.74. The Balaban J connectivity index is 2.60. The van der Waals surface area contributed by atoms with Gasteiger partial charge in [0.2, 0.25) is 0 Å². The van der Waals surface area contributed by atoms with Crippen molar-refractivity contribution in [3.05, 3.63) is 41.5 Å². The van der Waals surface area contributed by atoms with Crippen LogP contribution < -0.4 is 0 Å². The van der Waals surface area contributed by atoms with Gasteiger partial charge in [-0.2, -0.15) is 0 Å². The van der Waals surface area contributed by atoms with E-state index in [1.807, 2.05) is 24.3 Å². The molecule has 16 heavy (non-hydrogen) atoms. The standard InChI is InChI=1S/C13H14O3/c1-2-16-13(15)10-12-7-5-11(6-8-12)4-3-9-14/h3-9H,2,10H2,1H3. The van der Waals surface area contributed by atoms with Gasteiger partial charge in [-0.3, -0.25) is 9.59 Å². The molecule has 0 aliphatic heterocycles. The summed E-state index contributed by atoms with van der Waals surface area (Å²) in [7, 11) is 0. The van der Waals surface area contributed by atoms with E-state index in [0.29, 0.717) is 6.61 Å². The Morgan fingerprint density at radius 3 is 2.56 bits per heavy atom. The van der Waals surface area contributed by atoms with E-state index in [1.165, 1.54) is 6.08 Å². The summed E-state index contributed by atoms with van der Waals surface area (Å²) in [4.78, 5) is 21.3. The monoisotopic (exact) mass is 218 g/mol. The van der Waals surface area contributed by atoms with Crippen LogP contribution in [0.4, 0.5) is 0 Å². The molecule has 0 bridgehead atoms. The SMILES string of the molecule is CCOC(=O)Cc1ccc(C=CC=O)cc1. The van der Waals surface area contributed by atoms with Crippen molar-refractivity contribution in [2.75, 3.05) is 6.61 Å². The van der Waals surface area contributed by atoms with Crippen LogP contribution in [0.1, 0.15) is 18.1 Å². The highest BCUT2D eigenvalue weighted by Crippen LogP contribution is 2.07. The fraction of sp³-hybridized carbons (Fsp3) is 0.231. The molecule has 0 amide bonds. The Labute approximate surface area is 94.7 Å². The van der Waals surface area contributed by atoms with Crippen molar-refractivity contribution in [2.45, 2.75) is 13.3 Å². The summed E-state index contributed by atoms with van der Waals surface area (Å²) in [5.41, 5.74) is 1.83. The van der Waals surface area contributed by atoms with Crippen LogP contribution in [0.2, 0.25) is 0 Å². The van der Waals surface area contributed by atoms with Gasteiger partial charge in [0.05, 0.1) is 13.0 Å². The average molecular weight is 218 g/mol. The molecule has 0 fully saturated rings. The highest BCUT2D eigenvalue weighted by Gasteiger charge is 2.02. The van der Waals surface area contributed by atoms with Gasteiger partial charge in [0.25, 0.3) is 0 Å². The molecule has 0 aliphatic rings. The lowest BCUT2D eigenvalue weighted by molar-refractivity contribution is -0.142. The first-order valence-corrected chi connectivity index (χ1v) is 5.12. The lowest BCUT2D eigenvalue weighted by Crippen LogP contribution is -2.07. The molecule has 0 N–H and O–H groups in total. The Morgan fingerprint density at radius 2 is 2.00 bits per heavy atom. The van der Waals surface area contributed by atoms with E-state index in [2.05, 4.69) is 0 Å². The molecule has 0 spiro atoms. The molecule has 3 heteroatoms. The number of carbonyl (C=O) groups is 2. The molecule has 0 saturated heterocycles. The van der Waals surface area contributed by atoms with Crippen LogP contribution in [0.5, 0.6) is 0 Å². The van der Waals surface area contributed by atoms with Gasteiger partial charge in [0, 0.05) is 0 Å². The Bertz CT molecular complexity index is 377. The third-order valence-electron chi connectivity index (χ3n) is 2.00. The van der Waals surface area contributed by atoms with E-state index in [1.54, 1.807) is 13.0 Å². The van der Waals surface area contributed by atoms with E-state index >= 15 is 0 Å². The van der Waals surface area contributed by atoms with E-state index in [0.717, 1.165) is 17.4 Å². The quantitative estimate of drug-likeness (QED) is 0.431. The van der Waals surface area contributed by atoms with Gasteiger partial charge in [-0.1, -0.05) is 30.3 Å². The number of allylic oxidation sites excluding steroid dienone is 1. The minimum absolute atomic E-state index is 0.223. The Morgan fingerprint density at radius 1 is 1.31 bits per heavy atom. The molecule has 84 valence electrons. The van der Waals surface area contributed by atoms with E-state index in [4.69, 9.17) is 4.74 Å². The zero-order valence-electron chi connectivity index (χ0n) is 9.18. The van der Waals surface area contributed by atoms with Gasteiger partial charge in [0.1, 0.15) is 6.29 Å². The van der Waals surface area contributed by atoms with Crippen LogP contribution in [-0.4, -0.2) is 18.9 Å². The first kappa shape index (κ1) is 12.2. The number of benzene rings is 1. The van der Waals surface area contributed by atoms with Crippen LogP contribution >= 0.6 is 0 Å². The van der Waals surface area contributed by atoms with Crippen molar-refractivity contribution in [1.29, 1.82) is 0 Å². The molecule has 0 unspecified atom stereocenters. The fourth-order valence-electron chi connectivity index (χ4n) is 1.28. The Kier molecular flexibility index (Phi) is 4.99. The molecular weight excluding hydrogens is 204 g/mol. The van der Waals surface area contributed by atoms with Crippen molar-refractivity contribution < 1.29 is 14.3 Å². The van der Waals surface area contributed by atoms with E-state index in [-0.39, 0.29) is 12.4 Å². The summed E-state index contributed by atoms with van der Waals surface area (Å²) in [6.45, 7) is 2.18. The topological polar surface area (TPSA) is 43.4 Å². The summed E-state index contributed by atoms with van der Waals surface area (Å²) < 4.78 is 4.84. The smallest absolute Gasteiger partial charge is 0.310 e. The third-order valence-corrected chi connectivity index (χ3v) is 2.00. The van der Waals surface area contributed by atoms with E-state index in [9.17, 15) is 9.59 Å². The largest absolute Gasteiger partial charge is 0.466 e. The van der Waals surface area contributed by atoms with Gasteiger partial charge >= 0.3 is 5.97 Å². The van der Waals surface area contributed by atoms with Crippen LogP contribution in [0, 0.1) is 0 Å². The molecular formula is C13H14O3. The zero-order valence-corrected chi connectivity index (χ0v) is 9.18. The van der Waals surface area contributed by atoms with Crippen LogP contribution in [0.25, 0.3) is 6.08 Å². The average Bonchev–Trinajstić information content (AvgIpc) is 2.28. The highest BCUT2D eigenvalue weighted by atomic mass is 16.5. The number of rotatable bonds is 5. The maximum atomic E-state index is 11.2. The first-order valence-electron chi connectivity index (χ1n) is 5.12. The van der Waals surface area contributed by atoms with E-state index < -0.39 is 0 Å². The van der Waals surface area contributed by atoms with Crippen molar-refractivity contribution in [1.82, 2.24) is 0 Å². The number of aldehydes is 1. The number of carbonyl (C=O) groups excluding carboxylic acids is 2. The van der Waals surface area contributed by atoms with Crippen LogP contribution in [0.15, 0.2) is 30.3 Å². The second kappa shape index (κ2) is 6.56. The summed E-state index contributed by atoms with van der Waals surface area (Å²) in [5.74, 6) is -0.223. The minimum atomic E-state index is -0.223. The summed E-state index contributed by atoms with van der Waals surface area (Å²) in [6.07, 6.45) is 4.15. The fourth-order valence-corrected chi connectivity index (χ4v) is 1.28. The molecule has 1 aromatic rings. The summed E-state index contributed by atoms with van der Waals surface area (Å²) in [6, 6.07) is 7.41. The van der Waals surface area contributed by atoms with Crippen molar-refractivity contribution >= 4 is 18.3 Å². The lowest BCUT2D eigenvalue weighted by Gasteiger charge is -2.02. The molecule has 1 aromatic carbocycles. The van der Waals surface area contributed by atoms with Gasteiger partial charge in [-0.25, -0.2) is 0 Å². The minimum Gasteiger partial charge on any atom is -0.466 e. The van der Waals surface area contributed by atoms with Crippen LogP contribution in [-0.2, 0) is 20.7 Å². The first-order chi connectivity index (χ1) is 7.76. The molecule has 1 rings (SSSR count). The molecule has 0 aliphatic carbocycles. The second-order valence-corrected chi connectivity index (χ2v) is 3.22. The number of hydrogen-bond donors (Lipinski definition) is 0. The lowest BCUT2D eigenvalue weighted by atomic mass is 10.1. The molecule has 0 radical (unpaired) electrons. The molecule has 0 saturated carbocycles. The molecule has 0 atom stereocenters. The van der Waals surface area contributed by atoms with Gasteiger partial charge in [-0.15, -0.1) is 0 Å². The van der Waals surface area contributed by atoms with Crippen molar-refractivity contribution in [2.24, 2.45) is 0 Å². The predicted octanol–water partition coefficient (Wildman–Crippen LogP) is 2.00. The molecule has 0 heterocycles.